The number of carbonyl (C=O) groups excluding carboxylic acids is 2. The topological polar surface area (TPSA) is 78.9 Å². The molecule has 6 nitrogen and oxygen atoms in total. The van der Waals surface area contributed by atoms with Gasteiger partial charge < -0.3 is 15.2 Å². The van der Waals surface area contributed by atoms with Crippen molar-refractivity contribution in [3.05, 3.63) is 23.8 Å². The summed E-state index contributed by atoms with van der Waals surface area (Å²) >= 11 is 0. The number of carbonyl (C=O) groups is 2. The maximum Gasteiger partial charge on any atom is 0.341 e. The Labute approximate surface area is 136 Å². The van der Waals surface area contributed by atoms with Crippen molar-refractivity contribution in [2.24, 2.45) is 0 Å². The first kappa shape index (κ1) is 17.3. The highest BCUT2D eigenvalue weighted by Crippen LogP contribution is 2.23. The van der Waals surface area contributed by atoms with Crippen LogP contribution < -0.4 is 5.32 Å². The number of nitrogens with zero attached hydrogens (tertiary/aromatic N) is 1. The second-order valence-electron chi connectivity index (χ2n) is 5.75. The molecule has 0 spiro atoms. The number of amides is 1. The van der Waals surface area contributed by atoms with E-state index in [0.29, 0.717) is 18.8 Å². The molecule has 23 heavy (non-hydrogen) atoms. The molecule has 1 aromatic rings. The molecule has 1 fully saturated rings. The summed E-state index contributed by atoms with van der Waals surface area (Å²) in [5.41, 5.74) is 0.573. The SMILES string of the molecule is CCCOC(=O)c1ccc(NC(=O)CN2CCCCC2)cc1O. The zero-order valence-corrected chi connectivity index (χ0v) is 13.5. The van der Waals surface area contributed by atoms with Crippen LogP contribution >= 0.6 is 0 Å². The number of rotatable bonds is 6. The molecule has 6 heteroatoms. The maximum atomic E-state index is 12.0. The number of piperidine rings is 1. The van der Waals surface area contributed by atoms with Gasteiger partial charge in [0.15, 0.2) is 0 Å². The number of ether oxygens (including phenoxy) is 1. The van der Waals surface area contributed by atoms with Gasteiger partial charge in [0.05, 0.1) is 13.2 Å². The molecular weight excluding hydrogens is 296 g/mol. The number of phenols is 1. The first-order valence-corrected chi connectivity index (χ1v) is 8.12. The quantitative estimate of drug-likeness (QED) is 0.787. The van der Waals surface area contributed by atoms with Gasteiger partial charge in [-0.05, 0) is 44.5 Å². The summed E-state index contributed by atoms with van der Waals surface area (Å²) in [6, 6.07) is 4.43. The number of benzene rings is 1. The van der Waals surface area contributed by atoms with Gasteiger partial charge in [-0.1, -0.05) is 13.3 Å². The Morgan fingerprint density at radius 3 is 2.65 bits per heavy atom. The molecule has 1 saturated heterocycles. The minimum Gasteiger partial charge on any atom is -0.507 e. The van der Waals surface area contributed by atoms with Crippen molar-refractivity contribution in [3.8, 4) is 5.75 Å². The summed E-state index contributed by atoms with van der Waals surface area (Å²) in [7, 11) is 0. The van der Waals surface area contributed by atoms with Crippen molar-refractivity contribution in [1.82, 2.24) is 4.90 Å². The van der Waals surface area contributed by atoms with Crippen molar-refractivity contribution in [2.45, 2.75) is 32.6 Å². The predicted molar refractivity (Wildman–Crippen MR) is 87.6 cm³/mol. The molecule has 0 saturated carbocycles. The summed E-state index contributed by atoms with van der Waals surface area (Å²) in [5.74, 6) is -0.870. The molecule has 2 rings (SSSR count). The van der Waals surface area contributed by atoms with E-state index < -0.39 is 5.97 Å². The van der Waals surface area contributed by atoms with Gasteiger partial charge >= 0.3 is 5.97 Å². The fraction of sp³-hybridized carbons (Fsp3) is 0.529. The number of esters is 1. The lowest BCUT2D eigenvalue weighted by Crippen LogP contribution is -2.36. The van der Waals surface area contributed by atoms with Crippen molar-refractivity contribution < 1.29 is 19.4 Å². The highest BCUT2D eigenvalue weighted by molar-refractivity contribution is 5.95. The van der Waals surface area contributed by atoms with Gasteiger partial charge in [0.2, 0.25) is 5.91 Å². The lowest BCUT2D eigenvalue weighted by atomic mass is 10.1. The third-order valence-electron chi connectivity index (χ3n) is 3.75. The van der Waals surface area contributed by atoms with E-state index in [4.69, 9.17) is 4.74 Å². The Morgan fingerprint density at radius 1 is 1.26 bits per heavy atom. The zero-order chi connectivity index (χ0) is 16.7. The van der Waals surface area contributed by atoms with Crippen LogP contribution in [0.1, 0.15) is 43.0 Å². The number of hydrogen-bond donors (Lipinski definition) is 2. The number of aromatic hydroxyl groups is 1. The number of phenolic OH excluding ortho intramolecular Hbond substituents is 1. The molecule has 1 heterocycles. The number of likely N-dealkylation sites (tertiary alicyclic amines) is 1. The first-order valence-electron chi connectivity index (χ1n) is 8.12. The van der Waals surface area contributed by atoms with Crippen molar-refractivity contribution >= 4 is 17.6 Å². The third kappa shape index (κ3) is 5.25. The second kappa shape index (κ2) is 8.53. The predicted octanol–water partition coefficient (Wildman–Crippen LogP) is 2.38. The van der Waals surface area contributed by atoms with Gasteiger partial charge in [-0.3, -0.25) is 9.69 Å². The average molecular weight is 320 g/mol. The van der Waals surface area contributed by atoms with E-state index in [1.807, 2.05) is 6.92 Å². The van der Waals surface area contributed by atoms with Crippen LogP contribution in [0.3, 0.4) is 0 Å². The Balaban J connectivity index is 1.91. The van der Waals surface area contributed by atoms with Gasteiger partial charge in [-0.25, -0.2) is 4.79 Å². The summed E-state index contributed by atoms with van der Waals surface area (Å²) in [5, 5.41) is 12.7. The van der Waals surface area contributed by atoms with Crippen LogP contribution in [0.4, 0.5) is 5.69 Å². The van der Waals surface area contributed by atoms with E-state index in [1.165, 1.54) is 18.6 Å². The normalized spacial score (nSPS) is 15.2. The lowest BCUT2D eigenvalue weighted by molar-refractivity contribution is -0.117. The van der Waals surface area contributed by atoms with Crippen molar-refractivity contribution in [3.63, 3.8) is 0 Å². The molecule has 0 radical (unpaired) electrons. The zero-order valence-electron chi connectivity index (χ0n) is 13.5. The van der Waals surface area contributed by atoms with Gasteiger partial charge in [0.25, 0.3) is 0 Å². The van der Waals surface area contributed by atoms with E-state index in [0.717, 1.165) is 32.4 Å². The highest BCUT2D eigenvalue weighted by atomic mass is 16.5. The molecule has 0 aliphatic carbocycles. The minimum absolute atomic E-state index is 0.104. The van der Waals surface area contributed by atoms with Crippen molar-refractivity contribution in [2.75, 3.05) is 31.6 Å². The van der Waals surface area contributed by atoms with E-state index in [1.54, 1.807) is 6.07 Å². The minimum atomic E-state index is -0.560. The molecule has 0 aromatic heterocycles. The number of hydrogen-bond acceptors (Lipinski definition) is 5. The lowest BCUT2D eigenvalue weighted by Gasteiger charge is -2.25. The Morgan fingerprint density at radius 2 is 2.00 bits per heavy atom. The molecule has 1 amide bonds. The molecule has 1 aliphatic heterocycles. The van der Waals surface area contributed by atoms with Gasteiger partial charge in [-0.2, -0.15) is 0 Å². The fourth-order valence-electron chi connectivity index (χ4n) is 2.58. The molecule has 1 aromatic carbocycles. The Kier molecular flexibility index (Phi) is 6.40. The van der Waals surface area contributed by atoms with Crippen LogP contribution in [-0.2, 0) is 9.53 Å². The van der Waals surface area contributed by atoms with Crippen LogP contribution in [0.5, 0.6) is 5.75 Å². The van der Waals surface area contributed by atoms with E-state index in [9.17, 15) is 14.7 Å². The van der Waals surface area contributed by atoms with E-state index >= 15 is 0 Å². The van der Waals surface area contributed by atoms with Gasteiger partial charge in [-0.15, -0.1) is 0 Å². The van der Waals surface area contributed by atoms with E-state index in [-0.39, 0.29) is 17.2 Å². The molecule has 2 N–H and O–H groups in total. The molecular formula is C17H24N2O4. The van der Waals surface area contributed by atoms with Crippen LogP contribution in [0.25, 0.3) is 0 Å². The largest absolute Gasteiger partial charge is 0.507 e. The fourth-order valence-corrected chi connectivity index (χ4v) is 2.58. The van der Waals surface area contributed by atoms with Crippen molar-refractivity contribution in [1.29, 1.82) is 0 Å². The molecule has 126 valence electrons. The molecule has 1 aliphatic rings. The summed E-state index contributed by atoms with van der Waals surface area (Å²) in [4.78, 5) is 25.9. The second-order valence-corrected chi connectivity index (χ2v) is 5.75. The highest BCUT2D eigenvalue weighted by Gasteiger charge is 2.16. The molecule has 0 unspecified atom stereocenters. The Bertz CT molecular complexity index is 554. The number of anilines is 1. The molecule has 0 atom stereocenters. The van der Waals surface area contributed by atoms with Crippen LogP contribution in [0.15, 0.2) is 18.2 Å². The Hall–Kier alpha value is -2.08. The number of nitrogens with one attached hydrogen (secondary N) is 1. The summed E-state index contributed by atoms with van der Waals surface area (Å²) in [6.45, 7) is 4.45. The third-order valence-corrected chi connectivity index (χ3v) is 3.75. The van der Waals surface area contributed by atoms with Crippen LogP contribution in [-0.4, -0.2) is 48.1 Å². The summed E-state index contributed by atoms with van der Waals surface area (Å²) in [6.07, 6.45) is 4.20. The monoisotopic (exact) mass is 320 g/mol. The molecule has 0 bridgehead atoms. The standard InChI is InChI=1S/C17H24N2O4/c1-2-10-23-17(22)14-7-6-13(11-15(14)20)18-16(21)12-19-8-4-3-5-9-19/h6-7,11,20H,2-5,8-10,12H2,1H3,(H,18,21). The smallest absolute Gasteiger partial charge is 0.341 e. The first-order chi connectivity index (χ1) is 11.1. The van der Waals surface area contributed by atoms with Gasteiger partial charge in [0.1, 0.15) is 11.3 Å². The summed E-state index contributed by atoms with van der Waals surface area (Å²) < 4.78 is 4.99. The van der Waals surface area contributed by atoms with E-state index in [2.05, 4.69) is 10.2 Å². The van der Waals surface area contributed by atoms with Crippen LogP contribution in [0, 0.1) is 0 Å². The van der Waals surface area contributed by atoms with Gasteiger partial charge in [0, 0.05) is 11.8 Å². The maximum absolute atomic E-state index is 12.0. The average Bonchev–Trinajstić information content (AvgIpc) is 2.53. The van der Waals surface area contributed by atoms with Crippen LogP contribution in [0.2, 0.25) is 0 Å².